The number of halogens is 3. The molecule has 2 aromatic carbocycles. The first-order valence-electron chi connectivity index (χ1n) is 9.55. The summed E-state index contributed by atoms with van der Waals surface area (Å²) in [6.45, 7) is 0. The summed E-state index contributed by atoms with van der Waals surface area (Å²) in [6.07, 6.45) is -3.04. The molecule has 2 heterocycles. The Morgan fingerprint density at radius 2 is 1.82 bits per heavy atom. The van der Waals surface area contributed by atoms with Crippen LogP contribution in [0.3, 0.4) is 0 Å². The van der Waals surface area contributed by atoms with Gasteiger partial charge in [-0.1, -0.05) is 11.3 Å². The third kappa shape index (κ3) is 5.14. The molecule has 2 aromatic heterocycles. The number of nitrogens with zero attached hydrogens (tertiary/aromatic N) is 2. The van der Waals surface area contributed by atoms with E-state index in [2.05, 4.69) is 20.6 Å². The number of alkyl halides is 3. The van der Waals surface area contributed by atoms with Gasteiger partial charge in [0.1, 0.15) is 22.9 Å². The van der Waals surface area contributed by atoms with Crippen molar-refractivity contribution in [2.45, 2.75) is 6.18 Å². The normalized spacial score (nSPS) is 11.3. The molecular weight excluding hydrogens is 457 g/mol. The molecule has 11 heteroatoms. The van der Waals surface area contributed by atoms with Crippen LogP contribution in [0.25, 0.3) is 10.2 Å². The highest BCUT2D eigenvalue weighted by Gasteiger charge is 2.31. The number of amides is 1. The van der Waals surface area contributed by atoms with E-state index in [1.807, 2.05) is 0 Å². The summed E-state index contributed by atoms with van der Waals surface area (Å²) in [5, 5.41) is 5.82. The van der Waals surface area contributed by atoms with E-state index in [0.29, 0.717) is 22.1 Å². The molecule has 0 atom stereocenters. The molecule has 0 saturated heterocycles. The Labute approximate surface area is 190 Å². The number of benzene rings is 2. The quantitative estimate of drug-likeness (QED) is 0.378. The lowest BCUT2D eigenvalue weighted by Gasteiger charge is -2.11. The average molecular weight is 474 g/mol. The molecule has 170 valence electrons. The van der Waals surface area contributed by atoms with Gasteiger partial charge < -0.3 is 20.1 Å². The second-order valence-corrected chi connectivity index (χ2v) is 7.81. The van der Waals surface area contributed by atoms with Crippen LogP contribution >= 0.6 is 11.3 Å². The van der Waals surface area contributed by atoms with Crippen molar-refractivity contribution in [2.24, 2.45) is 0 Å². The number of nitrogens with one attached hydrogen (secondary N) is 2. The van der Waals surface area contributed by atoms with E-state index < -0.39 is 11.7 Å². The molecule has 0 radical (unpaired) electrons. The summed E-state index contributed by atoms with van der Waals surface area (Å²) in [5.41, 5.74) is 0.247. The van der Waals surface area contributed by atoms with Gasteiger partial charge in [-0.15, -0.1) is 0 Å². The zero-order valence-corrected chi connectivity index (χ0v) is 18.2. The minimum absolute atomic E-state index is 0.0811. The average Bonchev–Trinajstić information content (AvgIpc) is 3.19. The van der Waals surface area contributed by atoms with E-state index in [-0.39, 0.29) is 23.0 Å². The standard InChI is InChI=1S/C22H17F3N4O3S/c1-26-20(30)18-10-15(5-6-27-18)32-14-3-4-17-19(11-14)33-21(29-17)28-13-7-12(22(23,24)25)8-16(9-13)31-2/h3-11H,1-2H3,(H,26,30)(H,28,29). The number of thiazole rings is 1. The SMILES string of the molecule is CNC(=O)c1cc(Oc2ccc3nc(Nc4cc(OC)cc(C(F)(F)F)c4)sc3c2)ccn1. The number of aromatic nitrogens is 2. The van der Waals surface area contributed by atoms with Gasteiger partial charge >= 0.3 is 6.18 Å². The first-order chi connectivity index (χ1) is 15.7. The molecule has 0 saturated carbocycles. The van der Waals surface area contributed by atoms with Crippen molar-refractivity contribution in [1.29, 1.82) is 0 Å². The van der Waals surface area contributed by atoms with Crippen molar-refractivity contribution in [2.75, 3.05) is 19.5 Å². The zero-order valence-electron chi connectivity index (χ0n) is 17.4. The number of hydrogen-bond acceptors (Lipinski definition) is 7. The van der Waals surface area contributed by atoms with Crippen molar-refractivity contribution in [3.63, 3.8) is 0 Å². The number of carbonyl (C=O) groups is 1. The molecule has 0 unspecified atom stereocenters. The van der Waals surface area contributed by atoms with Crippen LogP contribution in [-0.2, 0) is 6.18 Å². The van der Waals surface area contributed by atoms with Crippen molar-refractivity contribution < 1.29 is 27.4 Å². The van der Waals surface area contributed by atoms with E-state index in [4.69, 9.17) is 9.47 Å². The smallest absolute Gasteiger partial charge is 0.416 e. The van der Waals surface area contributed by atoms with Gasteiger partial charge in [0.15, 0.2) is 5.13 Å². The Kier molecular flexibility index (Phi) is 6.05. The molecular formula is C22H17F3N4O3S. The maximum atomic E-state index is 13.2. The van der Waals surface area contributed by atoms with E-state index in [1.165, 1.54) is 43.8 Å². The van der Waals surface area contributed by atoms with Gasteiger partial charge in [0.05, 0.1) is 22.9 Å². The summed E-state index contributed by atoms with van der Waals surface area (Å²) in [6, 6.07) is 11.7. The van der Waals surface area contributed by atoms with Gasteiger partial charge in [-0.05, 0) is 30.3 Å². The minimum Gasteiger partial charge on any atom is -0.497 e. The second kappa shape index (κ2) is 8.94. The summed E-state index contributed by atoms with van der Waals surface area (Å²) >= 11 is 1.25. The van der Waals surface area contributed by atoms with Gasteiger partial charge in [0.2, 0.25) is 0 Å². The van der Waals surface area contributed by atoms with Crippen LogP contribution in [0.2, 0.25) is 0 Å². The number of fused-ring (bicyclic) bond motifs is 1. The predicted molar refractivity (Wildman–Crippen MR) is 119 cm³/mol. The van der Waals surface area contributed by atoms with Crippen LogP contribution in [0.15, 0.2) is 54.7 Å². The number of hydrogen-bond donors (Lipinski definition) is 2. The van der Waals surface area contributed by atoms with Crippen LogP contribution in [0.4, 0.5) is 24.0 Å². The van der Waals surface area contributed by atoms with E-state index >= 15 is 0 Å². The lowest BCUT2D eigenvalue weighted by atomic mass is 10.2. The number of methoxy groups -OCH3 is 1. The van der Waals surface area contributed by atoms with Gasteiger partial charge in [-0.2, -0.15) is 13.2 Å². The molecule has 0 aliphatic rings. The fraction of sp³-hybridized carbons (Fsp3) is 0.136. The highest BCUT2D eigenvalue weighted by atomic mass is 32.1. The predicted octanol–water partition coefficient (Wildman–Crippen LogP) is 5.61. The van der Waals surface area contributed by atoms with Crippen molar-refractivity contribution in [3.05, 3.63) is 66.0 Å². The molecule has 0 bridgehead atoms. The molecule has 2 N–H and O–H groups in total. The van der Waals surface area contributed by atoms with Gasteiger partial charge in [0.25, 0.3) is 5.91 Å². The van der Waals surface area contributed by atoms with Gasteiger partial charge in [-0.3, -0.25) is 9.78 Å². The molecule has 4 rings (SSSR count). The molecule has 1 amide bonds. The van der Waals surface area contributed by atoms with Crippen molar-refractivity contribution >= 4 is 38.3 Å². The Balaban J connectivity index is 1.57. The Hall–Kier alpha value is -3.86. The molecule has 0 spiro atoms. The number of rotatable bonds is 6. The molecule has 33 heavy (non-hydrogen) atoms. The van der Waals surface area contributed by atoms with Gasteiger partial charge in [-0.25, -0.2) is 4.98 Å². The first-order valence-corrected chi connectivity index (χ1v) is 10.4. The molecule has 0 aliphatic heterocycles. The lowest BCUT2D eigenvalue weighted by Crippen LogP contribution is -2.18. The summed E-state index contributed by atoms with van der Waals surface area (Å²) < 4.78 is 51.1. The monoisotopic (exact) mass is 474 g/mol. The van der Waals surface area contributed by atoms with Crippen LogP contribution in [0, 0.1) is 0 Å². The molecule has 7 nitrogen and oxygen atoms in total. The first kappa shape index (κ1) is 22.3. The van der Waals surface area contributed by atoms with Crippen LogP contribution in [0.5, 0.6) is 17.2 Å². The van der Waals surface area contributed by atoms with Gasteiger partial charge in [0, 0.05) is 37.1 Å². The minimum atomic E-state index is -4.50. The molecule has 0 fully saturated rings. The van der Waals surface area contributed by atoms with E-state index in [9.17, 15) is 18.0 Å². The maximum Gasteiger partial charge on any atom is 0.416 e. The maximum absolute atomic E-state index is 13.2. The Morgan fingerprint density at radius 3 is 2.55 bits per heavy atom. The number of anilines is 2. The van der Waals surface area contributed by atoms with E-state index in [0.717, 1.165) is 16.8 Å². The fourth-order valence-corrected chi connectivity index (χ4v) is 3.88. The Bertz CT molecular complexity index is 1320. The van der Waals surface area contributed by atoms with Crippen LogP contribution in [-0.4, -0.2) is 30.0 Å². The number of ether oxygens (including phenoxy) is 2. The third-order valence-electron chi connectivity index (χ3n) is 4.51. The topological polar surface area (TPSA) is 85.4 Å². The Morgan fingerprint density at radius 1 is 1.03 bits per heavy atom. The largest absolute Gasteiger partial charge is 0.497 e. The third-order valence-corrected chi connectivity index (χ3v) is 5.44. The summed E-state index contributed by atoms with van der Waals surface area (Å²) in [5.74, 6) is 0.687. The molecule has 4 aromatic rings. The van der Waals surface area contributed by atoms with Crippen LogP contribution < -0.4 is 20.1 Å². The lowest BCUT2D eigenvalue weighted by molar-refractivity contribution is -0.137. The summed E-state index contributed by atoms with van der Waals surface area (Å²) in [4.78, 5) is 20.2. The fourth-order valence-electron chi connectivity index (χ4n) is 2.96. The van der Waals surface area contributed by atoms with E-state index in [1.54, 1.807) is 24.3 Å². The highest BCUT2D eigenvalue weighted by Crippen LogP contribution is 2.37. The zero-order chi connectivity index (χ0) is 23.6. The number of pyridine rings is 1. The van der Waals surface area contributed by atoms with Crippen molar-refractivity contribution in [1.82, 2.24) is 15.3 Å². The van der Waals surface area contributed by atoms with Crippen molar-refractivity contribution in [3.8, 4) is 17.2 Å². The highest BCUT2D eigenvalue weighted by molar-refractivity contribution is 7.22. The number of carbonyl (C=O) groups excluding carboxylic acids is 1. The second-order valence-electron chi connectivity index (χ2n) is 6.78. The van der Waals surface area contributed by atoms with Crippen LogP contribution in [0.1, 0.15) is 16.1 Å². The summed E-state index contributed by atoms with van der Waals surface area (Å²) in [7, 11) is 2.81. The molecule has 0 aliphatic carbocycles.